The van der Waals surface area contributed by atoms with Gasteiger partial charge in [-0.05, 0) is 106 Å². The van der Waals surface area contributed by atoms with Crippen LogP contribution in [0.25, 0.3) is 122 Å². The molecule has 0 unspecified atom stereocenters. The normalized spacial score (nSPS) is 11.4. The molecule has 0 spiro atoms. The Labute approximate surface area is 371 Å². The number of nitrogens with zero attached hydrogens (tertiary/aromatic N) is 3. The summed E-state index contributed by atoms with van der Waals surface area (Å²) in [7, 11) is 0. The molecule has 1 aromatic heterocycles. The minimum atomic E-state index is 0.628. The lowest BCUT2D eigenvalue weighted by atomic mass is 9.96. The third kappa shape index (κ3) is 6.96. The second-order valence-electron chi connectivity index (χ2n) is 16.4. The number of aromatic nitrogens is 3. The highest BCUT2D eigenvalue weighted by Gasteiger charge is 2.15. The van der Waals surface area contributed by atoms with E-state index in [-0.39, 0.29) is 0 Å². The first-order chi connectivity index (χ1) is 31.7. The third-order valence-electron chi connectivity index (χ3n) is 12.5. The van der Waals surface area contributed by atoms with Crippen molar-refractivity contribution in [2.75, 3.05) is 0 Å². The summed E-state index contributed by atoms with van der Waals surface area (Å²) >= 11 is 0. The average molecular weight is 814 g/mol. The van der Waals surface area contributed by atoms with Gasteiger partial charge in [0.25, 0.3) is 0 Å². The van der Waals surface area contributed by atoms with Gasteiger partial charge in [0.15, 0.2) is 17.5 Å². The Morgan fingerprint density at radius 1 is 0.188 bits per heavy atom. The molecule has 1 heterocycles. The molecule has 64 heavy (non-hydrogen) atoms. The Bertz CT molecular complexity index is 3680. The topological polar surface area (TPSA) is 38.7 Å². The lowest BCUT2D eigenvalue weighted by Gasteiger charge is -2.11. The Hall–Kier alpha value is -8.53. The molecular weight excluding hydrogens is 775 g/mol. The van der Waals surface area contributed by atoms with Gasteiger partial charge >= 0.3 is 0 Å². The average Bonchev–Trinajstić information content (AvgIpc) is 3.38. The number of fused-ring (bicyclic) bond motifs is 5. The van der Waals surface area contributed by atoms with E-state index in [1.807, 2.05) is 0 Å². The molecule has 0 aliphatic heterocycles. The molecular formula is C61H39N3. The van der Waals surface area contributed by atoms with E-state index in [1.54, 1.807) is 0 Å². The molecule has 0 amide bonds. The van der Waals surface area contributed by atoms with Crippen LogP contribution in [0.3, 0.4) is 0 Å². The summed E-state index contributed by atoms with van der Waals surface area (Å²) < 4.78 is 0. The van der Waals surface area contributed by atoms with Gasteiger partial charge in [0.1, 0.15) is 0 Å². The molecule has 0 aliphatic carbocycles. The van der Waals surface area contributed by atoms with Crippen LogP contribution in [-0.2, 0) is 0 Å². The maximum atomic E-state index is 5.14. The zero-order chi connectivity index (χ0) is 42.4. The first kappa shape index (κ1) is 37.2. The SMILES string of the molecule is c1ccc(-c2ccc3cc(-c4nc(-c5ccc(-c6ccc(-c7cccc8ccccc78)cc6)cc5)nc(-c5ccc(-c6ccc7c(ccc8ccccc87)c6)cc5)n4)ccc3c2)cc1. The van der Waals surface area contributed by atoms with Crippen LogP contribution in [0.15, 0.2) is 237 Å². The monoisotopic (exact) mass is 813 g/mol. The highest BCUT2D eigenvalue weighted by atomic mass is 15.0. The van der Waals surface area contributed by atoms with Gasteiger partial charge in [0, 0.05) is 16.7 Å². The van der Waals surface area contributed by atoms with Crippen molar-refractivity contribution in [3.8, 4) is 78.7 Å². The lowest BCUT2D eigenvalue weighted by molar-refractivity contribution is 1.07. The van der Waals surface area contributed by atoms with Crippen LogP contribution >= 0.6 is 0 Å². The summed E-state index contributed by atoms with van der Waals surface area (Å²) in [5.41, 5.74) is 12.2. The van der Waals surface area contributed by atoms with Crippen molar-refractivity contribution < 1.29 is 0 Å². The predicted octanol–water partition coefficient (Wildman–Crippen LogP) is 16.2. The van der Waals surface area contributed by atoms with E-state index in [1.165, 1.54) is 60.1 Å². The summed E-state index contributed by atoms with van der Waals surface area (Å²) in [6, 6.07) is 84.4. The van der Waals surface area contributed by atoms with Crippen LogP contribution in [0.2, 0.25) is 0 Å². The van der Waals surface area contributed by atoms with Crippen LogP contribution in [-0.4, -0.2) is 15.0 Å². The molecule has 0 saturated carbocycles. The molecule has 298 valence electrons. The number of hydrogen-bond donors (Lipinski definition) is 0. The van der Waals surface area contributed by atoms with Crippen molar-refractivity contribution in [1.29, 1.82) is 0 Å². The summed E-state index contributed by atoms with van der Waals surface area (Å²) in [4.78, 5) is 15.4. The minimum absolute atomic E-state index is 0.628. The molecule has 0 fully saturated rings. The van der Waals surface area contributed by atoms with Crippen molar-refractivity contribution in [3.63, 3.8) is 0 Å². The Morgan fingerprint density at radius 2 is 0.562 bits per heavy atom. The Balaban J connectivity index is 0.895. The summed E-state index contributed by atoms with van der Waals surface area (Å²) in [5.74, 6) is 1.89. The highest BCUT2D eigenvalue weighted by molar-refractivity contribution is 6.08. The molecule has 0 saturated heterocycles. The largest absolute Gasteiger partial charge is 0.208 e. The highest BCUT2D eigenvalue weighted by Crippen LogP contribution is 2.35. The Kier molecular flexibility index (Phi) is 9.16. The van der Waals surface area contributed by atoms with Crippen LogP contribution in [0.4, 0.5) is 0 Å². The molecule has 3 nitrogen and oxygen atoms in total. The van der Waals surface area contributed by atoms with Gasteiger partial charge in [-0.3, -0.25) is 0 Å². The maximum absolute atomic E-state index is 5.14. The molecule has 12 rings (SSSR count). The zero-order valence-corrected chi connectivity index (χ0v) is 34.9. The van der Waals surface area contributed by atoms with Gasteiger partial charge in [0.2, 0.25) is 0 Å². The van der Waals surface area contributed by atoms with Gasteiger partial charge < -0.3 is 0 Å². The van der Waals surface area contributed by atoms with Gasteiger partial charge in [-0.25, -0.2) is 15.0 Å². The molecule has 0 atom stereocenters. The van der Waals surface area contributed by atoms with Crippen molar-refractivity contribution in [2.24, 2.45) is 0 Å². The van der Waals surface area contributed by atoms with Crippen molar-refractivity contribution in [2.45, 2.75) is 0 Å². The zero-order valence-electron chi connectivity index (χ0n) is 34.9. The second kappa shape index (κ2) is 15.7. The fraction of sp³-hybridized carbons (Fsp3) is 0. The smallest absolute Gasteiger partial charge is 0.164 e. The molecule has 11 aromatic carbocycles. The molecule has 3 heteroatoms. The number of hydrogen-bond acceptors (Lipinski definition) is 3. The van der Waals surface area contributed by atoms with Crippen LogP contribution in [0.5, 0.6) is 0 Å². The first-order valence-electron chi connectivity index (χ1n) is 21.7. The number of rotatable bonds is 7. The standard InChI is InChI=1S/C61H39N3/c1-2-9-40(10-3-1)49-30-31-52-39-54(34-32-51(52)37-49)61-63-59(47-26-19-42(20-27-47)41-17-23-46(24-18-41)57-16-8-13-44-11-4-6-14-55(44)57)62-60(64-61)48-28-21-43(22-29-48)50-35-36-58-53(38-50)33-25-45-12-5-7-15-56(45)58/h1-39H. The van der Waals surface area contributed by atoms with E-state index in [0.717, 1.165) is 44.2 Å². The van der Waals surface area contributed by atoms with Gasteiger partial charge in [-0.2, -0.15) is 0 Å². The summed E-state index contributed by atoms with van der Waals surface area (Å²) in [6.45, 7) is 0. The fourth-order valence-electron chi connectivity index (χ4n) is 9.09. The minimum Gasteiger partial charge on any atom is -0.208 e. The van der Waals surface area contributed by atoms with E-state index >= 15 is 0 Å². The molecule has 0 aliphatic rings. The second-order valence-corrected chi connectivity index (χ2v) is 16.4. The van der Waals surface area contributed by atoms with Gasteiger partial charge in [-0.1, -0.05) is 218 Å². The maximum Gasteiger partial charge on any atom is 0.164 e. The Morgan fingerprint density at radius 3 is 1.22 bits per heavy atom. The van der Waals surface area contributed by atoms with Gasteiger partial charge in [-0.15, -0.1) is 0 Å². The van der Waals surface area contributed by atoms with Gasteiger partial charge in [0.05, 0.1) is 0 Å². The summed E-state index contributed by atoms with van der Waals surface area (Å²) in [6.07, 6.45) is 0. The lowest BCUT2D eigenvalue weighted by Crippen LogP contribution is -2.00. The van der Waals surface area contributed by atoms with Crippen LogP contribution < -0.4 is 0 Å². The fourth-order valence-corrected chi connectivity index (χ4v) is 9.09. The molecule has 0 N–H and O–H groups in total. The number of benzene rings is 11. The van der Waals surface area contributed by atoms with E-state index in [2.05, 4.69) is 237 Å². The quantitative estimate of drug-likeness (QED) is 0.150. The van der Waals surface area contributed by atoms with E-state index < -0.39 is 0 Å². The van der Waals surface area contributed by atoms with Crippen molar-refractivity contribution >= 4 is 43.1 Å². The molecule has 12 aromatic rings. The van der Waals surface area contributed by atoms with E-state index in [9.17, 15) is 0 Å². The van der Waals surface area contributed by atoms with Crippen LogP contribution in [0, 0.1) is 0 Å². The molecule has 0 radical (unpaired) electrons. The van der Waals surface area contributed by atoms with Crippen LogP contribution in [0.1, 0.15) is 0 Å². The van der Waals surface area contributed by atoms with E-state index in [4.69, 9.17) is 15.0 Å². The first-order valence-corrected chi connectivity index (χ1v) is 21.7. The van der Waals surface area contributed by atoms with Crippen molar-refractivity contribution in [1.82, 2.24) is 15.0 Å². The molecule has 0 bridgehead atoms. The summed E-state index contributed by atoms with van der Waals surface area (Å²) in [5, 5.41) is 9.81. The predicted molar refractivity (Wildman–Crippen MR) is 268 cm³/mol. The van der Waals surface area contributed by atoms with Crippen molar-refractivity contribution in [3.05, 3.63) is 237 Å². The van der Waals surface area contributed by atoms with E-state index in [0.29, 0.717) is 17.5 Å². The third-order valence-corrected chi connectivity index (χ3v) is 12.5.